The summed E-state index contributed by atoms with van der Waals surface area (Å²) >= 11 is 0. The van der Waals surface area contributed by atoms with Crippen molar-refractivity contribution in [1.29, 1.82) is 0 Å². The van der Waals surface area contributed by atoms with E-state index in [1.165, 1.54) is 6.07 Å². The maximum absolute atomic E-state index is 13.9. The Balaban J connectivity index is 1.46. The van der Waals surface area contributed by atoms with E-state index in [4.69, 9.17) is 4.74 Å². The van der Waals surface area contributed by atoms with Crippen molar-refractivity contribution in [2.45, 2.75) is 37.6 Å². The molecule has 1 amide bonds. The molecule has 6 nitrogen and oxygen atoms in total. The maximum Gasteiger partial charge on any atom is 0.226 e. The monoisotopic (exact) mass is 356 g/mol. The van der Waals surface area contributed by atoms with Crippen molar-refractivity contribution < 1.29 is 13.9 Å². The fourth-order valence-electron chi connectivity index (χ4n) is 4.76. The van der Waals surface area contributed by atoms with Crippen molar-refractivity contribution in [3.8, 4) is 5.69 Å². The lowest BCUT2D eigenvalue weighted by atomic mass is 10.0. The molecule has 1 aromatic carbocycles. The van der Waals surface area contributed by atoms with Crippen molar-refractivity contribution in [1.82, 2.24) is 19.6 Å². The second-order valence-electron chi connectivity index (χ2n) is 7.26. The second-order valence-corrected chi connectivity index (χ2v) is 7.26. The number of carbonyl (C=O) groups excluding carboxylic acids is 1. The molecule has 0 N–H and O–H groups in total. The summed E-state index contributed by atoms with van der Waals surface area (Å²) in [5, 5.41) is 4.28. The zero-order valence-corrected chi connectivity index (χ0v) is 14.5. The summed E-state index contributed by atoms with van der Waals surface area (Å²) in [6.45, 7) is 2.89. The van der Waals surface area contributed by atoms with Crippen LogP contribution in [-0.2, 0) is 16.1 Å². The number of ether oxygens (including phenoxy) is 1. The lowest BCUT2D eigenvalue weighted by molar-refractivity contribution is -0.180. The van der Waals surface area contributed by atoms with Crippen LogP contribution in [0.3, 0.4) is 0 Å². The first kappa shape index (κ1) is 16.0. The molecule has 3 fully saturated rings. The number of rotatable bonds is 3. The third-order valence-corrected chi connectivity index (χ3v) is 5.89. The largest absolute Gasteiger partial charge is 0.354 e. The Hall–Kier alpha value is -2.25. The van der Waals surface area contributed by atoms with Gasteiger partial charge in [0.1, 0.15) is 5.82 Å². The molecular formula is C19H21FN4O2. The minimum Gasteiger partial charge on any atom is -0.354 e. The molecule has 0 unspecified atom stereocenters. The number of benzene rings is 1. The summed E-state index contributed by atoms with van der Waals surface area (Å²) in [5.41, 5.74) is 1.25. The number of aromatic nitrogens is 2. The Morgan fingerprint density at radius 3 is 3.12 bits per heavy atom. The summed E-state index contributed by atoms with van der Waals surface area (Å²) in [5.74, 6) is -0.0891. The van der Waals surface area contributed by atoms with E-state index in [2.05, 4.69) is 10.00 Å². The summed E-state index contributed by atoms with van der Waals surface area (Å²) in [7, 11) is 0. The number of halogens is 1. The van der Waals surface area contributed by atoms with Crippen molar-refractivity contribution in [2.75, 3.05) is 19.7 Å². The maximum atomic E-state index is 13.9. The molecule has 2 aromatic rings. The zero-order valence-electron chi connectivity index (χ0n) is 14.5. The third kappa shape index (κ3) is 2.30. The zero-order chi connectivity index (χ0) is 17.7. The number of hydrogen-bond acceptors (Lipinski definition) is 4. The lowest BCUT2D eigenvalue weighted by Gasteiger charge is -2.42. The Labute approximate surface area is 151 Å². The molecule has 4 heterocycles. The SMILES string of the molecule is O=C1C[C@H]2N(Cc3cc(F)ccc3-n3cccn3)CC[C@]23OCCCN13. The van der Waals surface area contributed by atoms with Crippen LogP contribution in [0.4, 0.5) is 4.39 Å². The molecule has 3 aliphatic rings. The van der Waals surface area contributed by atoms with E-state index in [1.54, 1.807) is 23.0 Å². The molecule has 0 saturated carbocycles. The van der Waals surface area contributed by atoms with Crippen LogP contribution < -0.4 is 0 Å². The van der Waals surface area contributed by atoms with Crippen molar-refractivity contribution in [3.63, 3.8) is 0 Å². The van der Waals surface area contributed by atoms with Gasteiger partial charge in [0.05, 0.1) is 18.3 Å². The molecule has 26 heavy (non-hydrogen) atoms. The number of amides is 1. The van der Waals surface area contributed by atoms with Gasteiger partial charge >= 0.3 is 0 Å². The minimum absolute atomic E-state index is 0.0315. The number of hydrogen-bond donors (Lipinski definition) is 0. The molecular weight excluding hydrogens is 335 g/mol. The third-order valence-electron chi connectivity index (χ3n) is 5.89. The topological polar surface area (TPSA) is 50.6 Å². The quantitative estimate of drug-likeness (QED) is 0.843. The van der Waals surface area contributed by atoms with Crippen molar-refractivity contribution >= 4 is 5.91 Å². The van der Waals surface area contributed by atoms with Crippen LogP contribution in [0.15, 0.2) is 36.7 Å². The van der Waals surface area contributed by atoms with Crippen LogP contribution in [0, 0.1) is 5.82 Å². The molecule has 0 aliphatic carbocycles. The molecule has 0 radical (unpaired) electrons. The molecule has 3 aliphatic heterocycles. The van der Waals surface area contributed by atoms with Gasteiger partial charge in [-0.3, -0.25) is 9.69 Å². The van der Waals surface area contributed by atoms with E-state index in [1.807, 2.05) is 17.2 Å². The highest BCUT2D eigenvalue weighted by molar-refractivity contribution is 5.81. The van der Waals surface area contributed by atoms with Crippen LogP contribution in [0.1, 0.15) is 24.8 Å². The normalized spacial score (nSPS) is 28.4. The van der Waals surface area contributed by atoms with E-state index in [0.717, 1.165) is 37.2 Å². The van der Waals surface area contributed by atoms with Gasteiger partial charge in [-0.1, -0.05) is 0 Å². The molecule has 1 aromatic heterocycles. The fraction of sp³-hybridized carbons (Fsp3) is 0.474. The first-order valence-electron chi connectivity index (χ1n) is 9.14. The van der Waals surface area contributed by atoms with E-state index in [-0.39, 0.29) is 17.8 Å². The van der Waals surface area contributed by atoms with Gasteiger partial charge in [0, 0.05) is 44.9 Å². The predicted molar refractivity (Wildman–Crippen MR) is 92.0 cm³/mol. The highest BCUT2D eigenvalue weighted by Crippen LogP contribution is 2.45. The molecule has 1 spiro atoms. The van der Waals surface area contributed by atoms with Crippen LogP contribution in [0.2, 0.25) is 0 Å². The average Bonchev–Trinajstić information content (AvgIpc) is 3.33. The molecule has 5 rings (SSSR count). The number of nitrogens with zero attached hydrogens (tertiary/aromatic N) is 4. The van der Waals surface area contributed by atoms with Gasteiger partial charge in [-0.15, -0.1) is 0 Å². The molecule has 0 bridgehead atoms. The van der Waals surface area contributed by atoms with E-state index in [0.29, 0.717) is 19.6 Å². The highest BCUT2D eigenvalue weighted by atomic mass is 19.1. The standard InChI is InChI=1S/C19H21FN4O2/c20-15-3-4-16(24-8-1-6-21-24)14(11-15)13-22-9-5-19-17(22)12-18(25)23(19)7-2-10-26-19/h1,3-4,6,8,11,17H,2,5,7,9-10,12-13H2/t17-,19+/m1/s1. The highest BCUT2D eigenvalue weighted by Gasteiger charge is 2.60. The molecule has 2 atom stereocenters. The van der Waals surface area contributed by atoms with Gasteiger partial charge in [-0.25, -0.2) is 9.07 Å². The van der Waals surface area contributed by atoms with Crippen molar-refractivity contribution in [2.24, 2.45) is 0 Å². The van der Waals surface area contributed by atoms with Crippen molar-refractivity contribution in [3.05, 3.63) is 48.0 Å². The van der Waals surface area contributed by atoms with E-state index >= 15 is 0 Å². The fourth-order valence-corrected chi connectivity index (χ4v) is 4.76. The molecule has 3 saturated heterocycles. The lowest BCUT2D eigenvalue weighted by Crippen LogP contribution is -2.56. The minimum atomic E-state index is -0.478. The van der Waals surface area contributed by atoms with Gasteiger partial charge in [0.15, 0.2) is 5.72 Å². The van der Waals surface area contributed by atoms with Crippen LogP contribution in [0.5, 0.6) is 0 Å². The smallest absolute Gasteiger partial charge is 0.226 e. The number of carbonyl (C=O) groups is 1. The van der Waals surface area contributed by atoms with Gasteiger partial charge in [0.2, 0.25) is 5.91 Å². The Kier molecular flexibility index (Phi) is 3.62. The molecule has 7 heteroatoms. The van der Waals surface area contributed by atoms with Gasteiger partial charge in [-0.2, -0.15) is 5.10 Å². The van der Waals surface area contributed by atoms with E-state index < -0.39 is 5.72 Å². The van der Waals surface area contributed by atoms with Gasteiger partial charge < -0.3 is 9.64 Å². The molecule has 136 valence electrons. The Morgan fingerprint density at radius 1 is 1.35 bits per heavy atom. The van der Waals surface area contributed by atoms with Crippen LogP contribution in [0.25, 0.3) is 5.69 Å². The first-order valence-corrected chi connectivity index (χ1v) is 9.14. The van der Waals surface area contributed by atoms with Gasteiger partial charge in [0.25, 0.3) is 0 Å². The van der Waals surface area contributed by atoms with Crippen LogP contribution >= 0.6 is 0 Å². The van der Waals surface area contributed by atoms with Crippen LogP contribution in [-0.4, -0.2) is 57.0 Å². The summed E-state index contributed by atoms with van der Waals surface area (Å²) in [4.78, 5) is 16.7. The summed E-state index contributed by atoms with van der Waals surface area (Å²) < 4.78 is 21.8. The Morgan fingerprint density at radius 2 is 2.27 bits per heavy atom. The number of likely N-dealkylation sites (tertiary alicyclic amines) is 1. The van der Waals surface area contributed by atoms with Gasteiger partial charge in [-0.05, 0) is 36.2 Å². The second kappa shape index (κ2) is 5.89. The Bertz CT molecular complexity index is 840. The summed E-state index contributed by atoms with van der Waals surface area (Å²) in [6.07, 6.45) is 5.75. The average molecular weight is 356 g/mol. The first-order chi connectivity index (χ1) is 12.7. The van der Waals surface area contributed by atoms with E-state index in [9.17, 15) is 9.18 Å². The summed E-state index contributed by atoms with van der Waals surface area (Å²) in [6, 6.07) is 6.66. The predicted octanol–water partition coefficient (Wildman–Crippen LogP) is 1.93.